The van der Waals surface area contributed by atoms with E-state index < -0.39 is 0 Å². The lowest BCUT2D eigenvalue weighted by Gasteiger charge is -2.12. The summed E-state index contributed by atoms with van der Waals surface area (Å²) in [7, 11) is 0. The maximum absolute atomic E-state index is 5.42. The van der Waals surface area contributed by atoms with E-state index in [2.05, 4.69) is 19.1 Å². The quantitative estimate of drug-likeness (QED) is 0.570. The van der Waals surface area contributed by atoms with E-state index in [4.69, 9.17) is 4.74 Å². The van der Waals surface area contributed by atoms with Crippen LogP contribution < -0.4 is 0 Å². The molecule has 0 radical (unpaired) electrons. The summed E-state index contributed by atoms with van der Waals surface area (Å²) in [6.45, 7) is 4.92. The van der Waals surface area contributed by atoms with E-state index in [9.17, 15) is 0 Å². The Morgan fingerprint density at radius 1 is 1.60 bits per heavy atom. The van der Waals surface area contributed by atoms with Crippen LogP contribution >= 0.6 is 0 Å². The molecule has 1 aliphatic carbocycles. The van der Waals surface area contributed by atoms with Gasteiger partial charge in [-0.1, -0.05) is 12.2 Å². The zero-order chi connectivity index (χ0) is 7.40. The second kappa shape index (κ2) is 3.45. The molecule has 1 rings (SSSR count). The molecular formula is C9H14O. The molecule has 0 amide bonds. The maximum Gasteiger partial charge on any atom is 0.0991 e. The van der Waals surface area contributed by atoms with Crippen molar-refractivity contribution in [3.05, 3.63) is 23.5 Å². The third-order valence-electron chi connectivity index (χ3n) is 1.66. The largest absolute Gasteiger partial charge is 0.498 e. The number of hydrogen-bond acceptors (Lipinski definition) is 1. The Morgan fingerprint density at radius 3 is 3.00 bits per heavy atom. The number of rotatable bonds is 2. The maximum atomic E-state index is 5.42. The monoisotopic (exact) mass is 138 g/mol. The van der Waals surface area contributed by atoms with Crippen molar-refractivity contribution < 1.29 is 4.74 Å². The Labute approximate surface area is 62.4 Å². The lowest BCUT2D eigenvalue weighted by Crippen LogP contribution is -1.97. The standard InChI is InChI=1S/C9H14O/c1-3-10-9-7-5-4-6-8(9)2/h4,6H,3,5,7H2,1-2H3. The Morgan fingerprint density at radius 2 is 2.40 bits per heavy atom. The first-order valence-electron chi connectivity index (χ1n) is 3.83. The highest BCUT2D eigenvalue weighted by atomic mass is 16.5. The molecular weight excluding hydrogens is 124 g/mol. The van der Waals surface area contributed by atoms with Crippen LogP contribution in [0.3, 0.4) is 0 Å². The molecule has 10 heavy (non-hydrogen) atoms. The number of allylic oxidation sites excluding steroid dienone is 4. The van der Waals surface area contributed by atoms with Gasteiger partial charge in [0.2, 0.25) is 0 Å². The molecule has 0 aromatic rings. The van der Waals surface area contributed by atoms with Gasteiger partial charge in [-0.3, -0.25) is 0 Å². The van der Waals surface area contributed by atoms with Crippen molar-refractivity contribution in [2.45, 2.75) is 26.7 Å². The third kappa shape index (κ3) is 1.63. The van der Waals surface area contributed by atoms with E-state index in [-0.39, 0.29) is 0 Å². The molecule has 0 bridgehead atoms. The van der Waals surface area contributed by atoms with Crippen molar-refractivity contribution in [3.8, 4) is 0 Å². The lowest BCUT2D eigenvalue weighted by atomic mass is 10.1. The summed E-state index contributed by atoms with van der Waals surface area (Å²) in [5.41, 5.74) is 1.29. The molecule has 0 aliphatic heterocycles. The topological polar surface area (TPSA) is 9.23 Å². The summed E-state index contributed by atoms with van der Waals surface area (Å²) in [5.74, 6) is 1.17. The highest BCUT2D eigenvalue weighted by Crippen LogP contribution is 2.18. The van der Waals surface area contributed by atoms with Gasteiger partial charge in [-0.05, 0) is 25.8 Å². The zero-order valence-electron chi connectivity index (χ0n) is 6.68. The first kappa shape index (κ1) is 7.39. The molecule has 56 valence electrons. The van der Waals surface area contributed by atoms with Crippen LogP contribution in [0.15, 0.2) is 23.5 Å². The molecule has 0 aromatic heterocycles. The van der Waals surface area contributed by atoms with Gasteiger partial charge in [0, 0.05) is 6.42 Å². The Bertz CT molecular complexity index is 166. The fourth-order valence-electron chi connectivity index (χ4n) is 1.12. The first-order valence-corrected chi connectivity index (χ1v) is 3.83. The highest BCUT2D eigenvalue weighted by molar-refractivity contribution is 5.23. The van der Waals surface area contributed by atoms with Gasteiger partial charge in [0.15, 0.2) is 0 Å². The van der Waals surface area contributed by atoms with E-state index in [1.54, 1.807) is 0 Å². The van der Waals surface area contributed by atoms with Gasteiger partial charge in [0.25, 0.3) is 0 Å². The minimum absolute atomic E-state index is 0.792. The molecule has 0 atom stereocenters. The molecule has 0 unspecified atom stereocenters. The minimum atomic E-state index is 0.792. The summed E-state index contributed by atoms with van der Waals surface area (Å²) in [4.78, 5) is 0. The van der Waals surface area contributed by atoms with Crippen molar-refractivity contribution in [2.75, 3.05) is 6.61 Å². The molecule has 0 fully saturated rings. The van der Waals surface area contributed by atoms with Crippen LogP contribution in [-0.2, 0) is 4.74 Å². The third-order valence-corrected chi connectivity index (χ3v) is 1.66. The van der Waals surface area contributed by atoms with Gasteiger partial charge in [0.05, 0.1) is 12.4 Å². The molecule has 0 N–H and O–H groups in total. The highest BCUT2D eigenvalue weighted by Gasteiger charge is 2.03. The van der Waals surface area contributed by atoms with Crippen LogP contribution in [0.25, 0.3) is 0 Å². The van der Waals surface area contributed by atoms with Crippen molar-refractivity contribution in [1.82, 2.24) is 0 Å². The van der Waals surface area contributed by atoms with E-state index in [1.807, 2.05) is 6.92 Å². The van der Waals surface area contributed by atoms with Gasteiger partial charge in [-0.15, -0.1) is 0 Å². The molecule has 0 heterocycles. The van der Waals surface area contributed by atoms with Gasteiger partial charge in [-0.25, -0.2) is 0 Å². The lowest BCUT2D eigenvalue weighted by molar-refractivity contribution is 0.215. The average Bonchev–Trinajstić information content (AvgIpc) is 1.94. The molecule has 1 aliphatic rings. The SMILES string of the molecule is CCOC1=C(C)C=CCC1. The van der Waals surface area contributed by atoms with Gasteiger partial charge in [0.1, 0.15) is 0 Å². The van der Waals surface area contributed by atoms with E-state index in [1.165, 1.54) is 11.3 Å². The van der Waals surface area contributed by atoms with Crippen molar-refractivity contribution in [2.24, 2.45) is 0 Å². The minimum Gasteiger partial charge on any atom is -0.498 e. The smallest absolute Gasteiger partial charge is 0.0991 e. The van der Waals surface area contributed by atoms with Crippen LogP contribution in [0.2, 0.25) is 0 Å². The van der Waals surface area contributed by atoms with Gasteiger partial charge >= 0.3 is 0 Å². The molecule has 1 heteroatoms. The Hall–Kier alpha value is -0.720. The van der Waals surface area contributed by atoms with Crippen molar-refractivity contribution >= 4 is 0 Å². The van der Waals surface area contributed by atoms with Gasteiger partial charge in [-0.2, -0.15) is 0 Å². The molecule has 0 saturated carbocycles. The second-order valence-electron chi connectivity index (χ2n) is 2.48. The molecule has 0 aromatic carbocycles. The zero-order valence-corrected chi connectivity index (χ0v) is 6.68. The summed E-state index contributed by atoms with van der Waals surface area (Å²) >= 11 is 0. The Kier molecular flexibility index (Phi) is 2.55. The number of hydrogen-bond donors (Lipinski definition) is 0. The normalized spacial score (nSPS) is 17.8. The Balaban J connectivity index is 2.60. The first-order chi connectivity index (χ1) is 4.84. The summed E-state index contributed by atoms with van der Waals surface area (Å²) in [5, 5.41) is 0. The summed E-state index contributed by atoms with van der Waals surface area (Å²) in [6.07, 6.45) is 6.54. The summed E-state index contributed by atoms with van der Waals surface area (Å²) in [6, 6.07) is 0. The van der Waals surface area contributed by atoms with Crippen LogP contribution in [-0.4, -0.2) is 6.61 Å². The van der Waals surface area contributed by atoms with Crippen LogP contribution in [0.4, 0.5) is 0 Å². The predicted molar refractivity (Wildman–Crippen MR) is 42.7 cm³/mol. The molecule has 1 nitrogen and oxygen atoms in total. The van der Waals surface area contributed by atoms with E-state index >= 15 is 0 Å². The number of ether oxygens (including phenoxy) is 1. The predicted octanol–water partition coefficient (Wildman–Crippen LogP) is 2.65. The van der Waals surface area contributed by atoms with Crippen LogP contribution in [0, 0.1) is 0 Å². The van der Waals surface area contributed by atoms with Crippen LogP contribution in [0.5, 0.6) is 0 Å². The van der Waals surface area contributed by atoms with E-state index in [0.29, 0.717) is 0 Å². The molecule has 0 spiro atoms. The fourth-order valence-corrected chi connectivity index (χ4v) is 1.12. The van der Waals surface area contributed by atoms with E-state index in [0.717, 1.165) is 19.4 Å². The van der Waals surface area contributed by atoms with Crippen molar-refractivity contribution in [3.63, 3.8) is 0 Å². The van der Waals surface area contributed by atoms with Crippen molar-refractivity contribution in [1.29, 1.82) is 0 Å². The average molecular weight is 138 g/mol. The summed E-state index contributed by atoms with van der Waals surface area (Å²) < 4.78 is 5.42. The fraction of sp³-hybridized carbons (Fsp3) is 0.556. The second-order valence-corrected chi connectivity index (χ2v) is 2.48. The van der Waals surface area contributed by atoms with Gasteiger partial charge < -0.3 is 4.74 Å². The molecule has 0 saturated heterocycles. The van der Waals surface area contributed by atoms with Crippen LogP contribution in [0.1, 0.15) is 26.7 Å².